The van der Waals surface area contributed by atoms with E-state index in [1.165, 1.54) is 0 Å². The van der Waals surface area contributed by atoms with Gasteiger partial charge in [-0.3, -0.25) is 9.59 Å². The molecule has 6 heteroatoms. The number of hydrogen-bond acceptors (Lipinski definition) is 3. The molecule has 1 unspecified atom stereocenters. The van der Waals surface area contributed by atoms with Crippen molar-refractivity contribution in [1.82, 2.24) is 10.2 Å². The Labute approximate surface area is 116 Å². The van der Waals surface area contributed by atoms with Crippen molar-refractivity contribution in [3.8, 4) is 0 Å². The third kappa shape index (κ3) is 8.31. The first kappa shape index (κ1) is 19.5. The summed E-state index contributed by atoms with van der Waals surface area (Å²) < 4.78 is 0. The van der Waals surface area contributed by atoms with Crippen LogP contribution in [0.1, 0.15) is 34.1 Å². The molecule has 0 aliphatic heterocycles. The van der Waals surface area contributed by atoms with Gasteiger partial charge in [0.05, 0.1) is 6.54 Å². The van der Waals surface area contributed by atoms with E-state index in [2.05, 4.69) is 5.32 Å². The largest absolute Gasteiger partial charge is 0.347 e. The van der Waals surface area contributed by atoms with Crippen LogP contribution in [0.4, 0.5) is 0 Å². The number of amides is 2. The third-order valence-corrected chi connectivity index (χ3v) is 2.52. The molecule has 0 spiro atoms. The highest BCUT2D eigenvalue weighted by Crippen LogP contribution is 2.17. The van der Waals surface area contributed by atoms with Crippen LogP contribution in [0.2, 0.25) is 0 Å². The number of nitrogens with two attached hydrogens (primary N) is 1. The van der Waals surface area contributed by atoms with Crippen LogP contribution < -0.4 is 11.1 Å². The summed E-state index contributed by atoms with van der Waals surface area (Å²) in [6.45, 7) is 8.27. The van der Waals surface area contributed by atoms with Gasteiger partial charge >= 0.3 is 0 Å². The smallest absolute Gasteiger partial charge is 0.241 e. The van der Waals surface area contributed by atoms with Gasteiger partial charge in [0.25, 0.3) is 0 Å². The normalized spacial score (nSPS) is 12.3. The van der Waals surface area contributed by atoms with E-state index in [9.17, 15) is 9.59 Å². The van der Waals surface area contributed by atoms with Crippen LogP contribution in [0.3, 0.4) is 0 Å². The van der Waals surface area contributed by atoms with Gasteiger partial charge in [-0.25, -0.2) is 0 Å². The zero-order chi connectivity index (χ0) is 13.6. The Morgan fingerprint density at radius 3 is 2.22 bits per heavy atom. The lowest BCUT2D eigenvalue weighted by atomic mass is 9.92. The molecule has 0 bridgehead atoms. The van der Waals surface area contributed by atoms with Crippen molar-refractivity contribution in [1.29, 1.82) is 0 Å². The first-order valence-corrected chi connectivity index (χ1v) is 5.90. The molecule has 0 heterocycles. The lowest BCUT2D eigenvalue weighted by Crippen LogP contribution is -2.45. The molecule has 0 saturated heterocycles. The summed E-state index contributed by atoms with van der Waals surface area (Å²) in [5, 5.41) is 2.63. The molecule has 0 aromatic rings. The van der Waals surface area contributed by atoms with Gasteiger partial charge in [-0.2, -0.15) is 0 Å². The van der Waals surface area contributed by atoms with Crippen molar-refractivity contribution in [3.63, 3.8) is 0 Å². The predicted octanol–water partition coefficient (Wildman–Crippen LogP) is 0.766. The molecule has 108 valence electrons. The number of rotatable bonds is 5. The van der Waals surface area contributed by atoms with Crippen LogP contribution in [-0.2, 0) is 9.59 Å². The molecule has 0 aromatic carbocycles. The monoisotopic (exact) mass is 279 g/mol. The number of nitrogens with one attached hydrogen (secondary N) is 1. The van der Waals surface area contributed by atoms with E-state index >= 15 is 0 Å². The van der Waals surface area contributed by atoms with Gasteiger partial charge in [0.2, 0.25) is 11.8 Å². The van der Waals surface area contributed by atoms with Gasteiger partial charge in [0, 0.05) is 26.1 Å². The molecular weight excluding hydrogens is 254 g/mol. The molecule has 5 nitrogen and oxygen atoms in total. The molecule has 18 heavy (non-hydrogen) atoms. The second kappa shape index (κ2) is 8.32. The fourth-order valence-corrected chi connectivity index (χ4v) is 1.25. The first-order valence-electron chi connectivity index (χ1n) is 5.90. The number of nitrogens with zero attached hydrogens (tertiary/aromatic N) is 1. The topological polar surface area (TPSA) is 75.4 Å². The van der Waals surface area contributed by atoms with Gasteiger partial charge in [-0.15, -0.1) is 12.4 Å². The van der Waals surface area contributed by atoms with Crippen LogP contribution in [0.5, 0.6) is 0 Å². The minimum absolute atomic E-state index is 0. The van der Waals surface area contributed by atoms with Crippen molar-refractivity contribution in [2.24, 2.45) is 11.1 Å². The Hall–Kier alpha value is -0.810. The lowest BCUT2D eigenvalue weighted by Gasteiger charge is -2.24. The fraction of sp³-hybridized carbons (Fsp3) is 0.833. The maximum absolute atomic E-state index is 11.7. The van der Waals surface area contributed by atoms with E-state index in [1.54, 1.807) is 11.9 Å². The van der Waals surface area contributed by atoms with Crippen LogP contribution in [-0.4, -0.2) is 42.9 Å². The summed E-state index contributed by atoms with van der Waals surface area (Å²) in [7, 11) is 1.69. The average Bonchev–Trinajstić information content (AvgIpc) is 2.21. The van der Waals surface area contributed by atoms with E-state index in [0.29, 0.717) is 13.0 Å². The van der Waals surface area contributed by atoms with Gasteiger partial charge in [0.15, 0.2) is 0 Å². The summed E-state index contributed by atoms with van der Waals surface area (Å²) >= 11 is 0. The Bertz CT molecular complexity index is 277. The van der Waals surface area contributed by atoms with Crippen LogP contribution >= 0.6 is 12.4 Å². The second-order valence-corrected chi connectivity index (χ2v) is 5.60. The molecule has 0 radical (unpaired) electrons. The maximum Gasteiger partial charge on any atom is 0.241 e. The third-order valence-electron chi connectivity index (χ3n) is 2.52. The number of likely N-dealkylation sites (N-methyl/N-ethyl adjacent to an activating group) is 1. The average molecular weight is 280 g/mol. The van der Waals surface area contributed by atoms with Crippen molar-refractivity contribution < 1.29 is 9.59 Å². The Balaban J connectivity index is 0. The summed E-state index contributed by atoms with van der Waals surface area (Å²) in [4.78, 5) is 24.7. The minimum atomic E-state index is -0.120. The molecule has 0 aliphatic carbocycles. The number of carbonyl (C=O) groups excluding carboxylic acids is 2. The molecule has 0 aromatic heterocycles. The Morgan fingerprint density at radius 2 is 1.83 bits per heavy atom. The van der Waals surface area contributed by atoms with Crippen molar-refractivity contribution >= 4 is 24.2 Å². The Kier molecular flexibility index (Phi) is 9.03. The highest BCUT2D eigenvalue weighted by molar-refractivity contribution is 5.85. The summed E-state index contributed by atoms with van der Waals surface area (Å²) in [6, 6.07) is -0.0120. The molecule has 0 aliphatic rings. The summed E-state index contributed by atoms with van der Waals surface area (Å²) in [6.07, 6.45) is 0.413. The Morgan fingerprint density at radius 1 is 1.33 bits per heavy atom. The van der Waals surface area contributed by atoms with Crippen LogP contribution in [0.25, 0.3) is 0 Å². The molecule has 0 saturated carbocycles. The van der Waals surface area contributed by atoms with E-state index in [1.807, 2.05) is 27.7 Å². The fourth-order valence-electron chi connectivity index (χ4n) is 1.25. The number of carbonyl (C=O) groups is 2. The zero-order valence-corrected chi connectivity index (χ0v) is 12.8. The quantitative estimate of drug-likeness (QED) is 0.780. The summed E-state index contributed by atoms with van der Waals surface area (Å²) in [5.41, 5.74) is 5.40. The summed E-state index contributed by atoms with van der Waals surface area (Å²) in [5.74, 6) is -0.218. The molecular formula is C12H26ClN3O2. The van der Waals surface area contributed by atoms with Crippen molar-refractivity contribution in [3.05, 3.63) is 0 Å². The van der Waals surface area contributed by atoms with E-state index < -0.39 is 0 Å². The molecule has 0 rings (SSSR count). The zero-order valence-electron chi connectivity index (χ0n) is 11.9. The highest BCUT2D eigenvalue weighted by Gasteiger charge is 2.18. The van der Waals surface area contributed by atoms with Gasteiger partial charge in [-0.1, -0.05) is 20.8 Å². The van der Waals surface area contributed by atoms with E-state index in [-0.39, 0.29) is 42.2 Å². The minimum Gasteiger partial charge on any atom is -0.347 e. The molecule has 3 N–H and O–H groups in total. The SMILES string of the molecule is CC(CN)N(C)C(=O)CNC(=O)CC(C)(C)C.Cl. The van der Waals surface area contributed by atoms with Gasteiger partial charge in [-0.05, 0) is 12.3 Å². The molecule has 2 amide bonds. The first-order chi connectivity index (χ1) is 7.67. The van der Waals surface area contributed by atoms with E-state index in [4.69, 9.17) is 5.73 Å². The lowest BCUT2D eigenvalue weighted by molar-refractivity contribution is -0.133. The van der Waals surface area contributed by atoms with Crippen molar-refractivity contribution in [2.45, 2.75) is 40.2 Å². The van der Waals surface area contributed by atoms with Crippen LogP contribution in [0, 0.1) is 5.41 Å². The van der Waals surface area contributed by atoms with E-state index in [0.717, 1.165) is 0 Å². The molecule has 0 fully saturated rings. The standard InChI is InChI=1S/C12H25N3O2.ClH/c1-9(7-13)15(5)11(17)8-14-10(16)6-12(2,3)4;/h9H,6-8,13H2,1-5H3,(H,14,16);1H. The van der Waals surface area contributed by atoms with Crippen LogP contribution in [0.15, 0.2) is 0 Å². The second-order valence-electron chi connectivity index (χ2n) is 5.60. The molecule has 1 atom stereocenters. The highest BCUT2D eigenvalue weighted by atomic mass is 35.5. The van der Waals surface area contributed by atoms with Crippen molar-refractivity contribution in [2.75, 3.05) is 20.1 Å². The number of hydrogen-bond donors (Lipinski definition) is 2. The number of halogens is 1. The predicted molar refractivity (Wildman–Crippen MR) is 75.6 cm³/mol. The maximum atomic E-state index is 11.7. The van der Waals surface area contributed by atoms with Gasteiger partial charge < -0.3 is 16.0 Å². The van der Waals surface area contributed by atoms with Gasteiger partial charge in [0.1, 0.15) is 0 Å².